The number of carbonyl (C=O) groups is 2. The van der Waals surface area contributed by atoms with Crippen molar-refractivity contribution in [2.24, 2.45) is 0 Å². The van der Waals surface area contributed by atoms with Gasteiger partial charge in [-0.3, -0.25) is 9.59 Å². The molecule has 4 nitrogen and oxygen atoms in total. The monoisotopic (exact) mass is 488 g/mol. The summed E-state index contributed by atoms with van der Waals surface area (Å²) in [5.74, 6) is -0.145. The van der Waals surface area contributed by atoms with Crippen molar-refractivity contribution in [1.82, 2.24) is 10.2 Å². The lowest BCUT2D eigenvalue weighted by Gasteiger charge is -2.33. The molecule has 0 radical (unpaired) electrons. The molecule has 2 amide bonds. The molecule has 0 aliphatic heterocycles. The van der Waals surface area contributed by atoms with Gasteiger partial charge in [-0.2, -0.15) is 0 Å². The van der Waals surface area contributed by atoms with E-state index >= 15 is 0 Å². The van der Waals surface area contributed by atoms with Crippen LogP contribution in [0.25, 0.3) is 0 Å². The van der Waals surface area contributed by atoms with Crippen molar-refractivity contribution in [3.05, 3.63) is 68.7 Å². The van der Waals surface area contributed by atoms with Crippen molar-refractivity contribution < 1.29 is 9.59 Å². The van der Waals surface area contributed by atoms with Crippen molar-refractivity contribution in [3.8, 4) is 0 Å². The van der Waals surface area contributed by atoms with Crippen LogP contribution in [-0.4, -0.2) is 28.8 Å². The lowest BCUT2D eigenvalue weighted by atomic mass is 9.95. The molecule has 1 aliphatic rings. The SMILES string of the molecule is CCC(C(=O)NC1CCCCC1)N(Cc1ccc(Cl)c(Cl)c1)C(=O)Cc1ccc(C)c(C)c1. The molecule has 1 fully saturated rings. The summed E-state index contributed by atoms with van der Waals surface area (Å²) in [6.45, 7) is 6.36. The fraction of sp³-hybridized carbons (Fsp3) is 0.481. The molecule has 0 saturated heterocycles. The van der Waals surface area contributed by atoms with Gasteiger partial charge in [-0.1, -0.05) is 73.7 Å². The maximum absolute atomic E-state index is 13.5. The highest BCUT2D eigenvalue weighted by atomic mass is 35.5. The van der Waals surface area contributed by atoms with Gasteiger partial charge >= 0.3 is 0 Å². The van der Waals surface area contributed by atoms with Crippen molar-refractivity contribution in [3.63, 3.8) is 0 Å². The van der Waals surface area contributed by atoms with Gasteiger partial charge in [-0.15, -0.1) is 0 Å². The molecule has 1 unspecified atom stereocenters. The average molecular weight is 489 g/mol. The van der Waals surface area contributed by atoms with Crippen LogP contribution in [0.4, 0.5) is 0 Å². The summed E-state index contributed by atoms with van der Waals surface area (Å²) in [7, 11) is 0. The molecular formula is C27H34Cl2N2O2. The first-order valence-corrected chi connectivity index (χ1v) is 12.6. The minimum Gasteiger partial charge on any atom is -0.352 e. The van der Waals surface area contributed by atoms with Gasteiger partial charge in [0, 0.05) is 12.6 Å². The maximum atomic E-state index is 13.5. The minimum absolute atomic E-state index is 0.0714. The number of carbonyl (C=O) groups excluding carboxylic acids is 2. The summed E-state index contributed by atoms with van der Waals surface area (Å²) in [6.07, 6.45) is 6.30. The van der Waals surface area contributed by atoms with Gasteiger partial charge in [0.25, 0.3) is 0 Å². The van der Waals surface area contributed by atoms with E-state index in [4.69, 9.17) is 23.2 Å². The fourth-order valence-corrected chi connectivity index (χ4v) is 4.81. The first-order chi connectivity index (χ1) is 15.8. The number of amides is 2. The van der Waals surface area contributed by atoms with Crippen molar-refractivity contribution >= 4 is 35.0 Å². The molecular weight excluding hydrogens is 455 g/mol. The molecule has 1 N–H and O–H groups in total. The second kappa shape index (κ2) is 11.9. The van der Waals surface area contributed by atoms with Crippen LogP contribution in [0, 0.1) is 13.8 Å². The van der Waals surface area contributed by atoms with Crippen LogP contribution >= 0.6 is 23.2 Å². The van der Waals surface area contributed by atoms with Crippen LogP contribution < -0.4 is 5.32 Å². The lowest BCUT2D eigenvalue weighted by molar-refractivity contribution is -0.141. The topological polar surface area (TPSA) is 49.4 Å². The highest BCUT2D eigenvalue weighted by Gasteiger charge is 2.30. The van der Waals surface area contributed by atoms with Crippen molar-refractivity contribution in [2.75, 3.05) is 0 Å². The number of halogens is 2. The van der Waals surface area contributed by atoms with Crippen LogP contribution in [0.5, 0.6) is 0 Å². The van der Waals surface area contributed by atoms with Gasteiger partial charge in [0.2, 0.25) is 11.8 Å². The Morgan fingerprint density at radius 1 is 0.970 bits per heavy atom. The summed E-state index contributed by atoms with van der Waals surface area (Å²) in [6, 6.07) is 11.1. The first kappa shape index (κ1) is 25.6. The summed E-state index contributed by atoms with van der Waals surface area (Å²) in [5, 5.41) is 4.12. The van der Waals surface area contributed by atoms with Gasteiger partial charge < -0.3 is 10.2 Å². The zero-order valence-corrected chi connectivity index (χ0v) is 21.3. The molecule has 0 heterocycles. The Hall–Kier alpha value is -2.04. The molecule has 6 heteroatoms. The fourth-order valence-electron chi connectivity index (χ4n) is 4.49. The zero-order valence-electron chi connectivity index (χ0n) is 19.8. The lowest BCUT2D eigenvalue weighted by Crippen LogP contribution is -2.51. The van der Waals surface area contributed by atoms with E-state index in [0.717, 1.165) is 42.4 Å². The molecule has 0 aromatic heterocycles. The van der Waals surface area contributed by atoms with Gasteiger partial charge in [0.05, 0.1) is 16.5 Å². The van der Waals surface area contributed by atoms with E-state index in [1.54, 1.807) is 17.0 Å². The van der Waals surface area contributed by atoms with E-state index in [0.29, 0.717) is 23.0 Å². The Labute approximate surface area is 207 Å². The number of hydrogen-bond donors (Lipinski definition) is 1. The summed E-state index contributed by atoms with van der Waals surface area (Å²) in [5.41, 5.74) is 4.14. The predicted molar refractivity (Wildman–Crippen MR) is 136 cm³/mol. The molecule has 2 aromatic carbocycles. The summed E-state index contributed by atoms with van der Waals surface area (Å²) < 4.78 is 0. The van der Waals surface area contributed by atoms with E-state index in [-0.39, 0.29) is 24.3 Å². The van der Waals surface area contributed by atoms with Gasteiger partial charge in [-0.25, -0.2) is 0 Å². The highest BCUT2D eigenvalue weighted by Crippen LogP contribution is 2.25. The normalized spacial score (nSPS) is 15.2. The van der Waals surface area contributed by atoms with Gasteiger partial charge in [-0.05, 0) is 67.5 Å². The Morgan fingerprint density at radius 3 is 2.30 bits per heavy atom. The van der Waals surface area contributed by atoms with Crippen LogP contribution in [0.3, 0.4) is 0 Å². The molecule has 1 aliphatic carbocycles. The Bertz CT molecular complexity index is 986. The van der Waals surface area contributed by atoms with Crippen LogP contribution in [-0.2, 0) is 22.6 Å². The van der Waals surface area contributed by atoms with E-state index < -0.39 is 6.04 Å². The average Bonchev–Trinajstić information content (AvgIpc) is 2.79. The highest BCUT2D eigenvalue weighted by molar-refractivity contribution is 6.42. The van der Waals surface area contributed by atoms with Crippen LogP contribution in [0.2, 0.25) is 10.0 Å². The van der Waals surface area contributed by atoms with Crippen molar-refractivity contribution in [1.29, 1.82) is 0 Å². The first-order valence-electron chi connectivity index (χ1n) is 11.9. The number of benzene rings is 2. The predicted octanol–water partition coefficient (Wildman–Crippen LogP) is 6.41. The summed E-state index contributed by atoms with van der Waals surface area (Å²) in [4.78, 5) is 28.5. The van der Waals surface area contributed by atoms with E-state index in [9.17, 15) is 9.59 Å². The molecule has 33 heavy (non-hydrogen) atoms. The standard InChI is InChI=1S/C27H34Cl2N2O2/c1-4-25(27(33)30-22-8-6-5-7-9-22)31(17-21-12-13-23(28)24(29)15-21)26(32)16-20-11-10-18(2)19(3)14-20/h10-15,22,25H,4-9,16-17H2,1-3H3,(H,30,33). The van der Waals surface area contributed by atoms with E-state index in [2.05, 4.69) is 12.2 Å². The quantitative estimate of drug-likeness (QED) is 0.466. The number of aryl methyl sites for hydroxylation is 2. The van der Waals surface area contributed by atoms with Crippen LogP contribution in [0.1, 0.15) is 67.7 Å². The Balaban J connectivity index is 1.84. The third kappa shape index (κ3) is 6.97. The minimum atomic E-state index is -0.541. The summed E-state index contributed by atoms with van der Waals surface area (Å²) >= 11 is 12.3. The Morgan fingerprint density at radius 2 is 1.67 bits per heavy atom. The molecule has 0 bridgehead atoms. The number of hydrogen-bond acceptors (Lipinski definition) is 2. The van der Waals surface area contributed by atoms with E-state index in [1.165, 1.54) is 12.0 Å². The zero-order chi connectivity index (χ0) is 24.0. The second-order valence-electron chi connectivity index (χ2n) is 9.13. The molecule has 3 rings (SSSR count). The molecule has 2 aromatic rings. The number of nitrogens with one attached hydrogen (secondary N) is 1. The smallest absolute Gasteiger partial charge is 0.243 e. The largest absolute Gasteiger partial charge is 0.352 e. The van der Waals surface area contributed by atoms with Gasteiger partial charge in [0.1, 0.15) is 6.04 Å². The second-order valence-corrected chi connectivity index (χ2v) is 9.95. The molecule has 0 spiro atoms. The number of rotatable bonds is 8. The third-order valence-electron chi connectivity index (χ3n) is 6.60. The van der Waals surface area contributed by atoms with Crippen molar-refractivity contribution in [2.45, 2.75) is 84.3 Å². The third-order valence-corrected chi connectivity index (χ3v) is 7.34. The maximum Gasteiger partial charge on any atom is 0.243 e. The van der Waals surface area contributed by atoms with Crippen LogP contribution in [0.15, 0.2) is 36.4 Å². The molecule has 1 saturated carbocycles. The molecule has 1 atom stereocenters. The van der Waals surface area contributed by atoms with E-state index in [1.807, 2.05) is 38.1 Å². The molecule has 178 valence electrons. The number of nitrogens with zero attached hydrogens (tertiary/aromatic N) is 1. The van der Waals surface area contributed by atoms with Gasteiger partial charge in [0.15, 0.2) is 0 Å². The Kier molecular flexibility index (Phi) is 9.22.